The van der Waals surface area contributed by atoms with Crippen molar-refractivity contribution in [3.8, 4) is 6.07 Å². The number of anilines is 1. The van der Waals surface area contributed by atoms with Gasteiger partial charge in [-0.25, -0.2) is 0 Å². The topological polar surface area (TPSA) is 27.0 Å². The number of nitriles is 1. The minimum atomic E-state index is 0.366. The molecule has 1 aromatic rings. The number of rotatable bonds is 3. The maximum atomic E-state index is 9.06. The summed E-state index contributed by atoms with van der Waals surface area (Å²) in [6.45, 7) is 6.47. The van der Waals surface area contributed by atoms with E-state index in [1.54, 1.807) is 12.1 Å². The van der Waals surface area contributed by atoms with Gasteiger partial charge < -0.3 is 4.90 Å². The second kappa shape index (κ2) is 5.23. The van der Waals surface area contributed by atoms with Crippen LogP contribution in [0.2, 0.25) is 5.02 Å². The first kappa shape index (κ1) is 12.9. The van der Waals surface area contributed by atoms with E-state index in [9.17, 15) is 0 Å². The molecule has 86 valence electrons. The van der Waals surface area contributed by atoms with Crippen LogP contribution in [0.4, 0.5) is 5.69 Å². The highest BCUT2D eigenvalue weighted by Gasteiger charge is 2.16. The van der Waals surface area contributed by atoms with E-state index in [2.05, 4.69) is 31.7 Å². The zero-order chi connectivity index (χ0) is 12.3. The summed E-state index contributed by atoms with van der Waals surface area (Å²) in [4.78, 5) is 2.11. The molecule has 0 aromatic heterocycles. The SMILES string of the molecule is CC(C)C(C)N(C)c1cc(Cl)ccc1C#N. The summed E-state index contributed by atoms with van der Waals surface area (Å²) in [7, 11) is 2.00. The Labute approximate surface area is 102 Å². The molecule has 0 aliphatic rings. The quantitative estimate of drug-likeness (QED) is 0.800. The smallest absolute Gasteiger partial charge is 0.101 e. The van der Waals surface area contributed by atoms with Crippen molar-refractivity contribution in [2.45, 2.75) is 26.8 Å². The molecule has 0 N–H and O–H groups in total. The molecule has 0 saturated heterocycles. The maximum Gasteiger partial charge on any atom is 0.101 e. The number of nitrogens with zero attached hydrogens (tertiary/aromatic N) is 2. The Balaban J connectivity index is 3.12. The molecular formula is C13H17ClN2. The molecule has 0 aliphatic carbocycles. The molecule has 0 fully saturated rings. The fraction of sp³-hybridized carbons (Fsp3) is 0.462. The van der Waals surface area contributed by atoms with Gasteiger partial charge in [0.15, 0.2) is 0 Å². The largest absolute Gasteiger partial charge is 0.371 e. The van der Waals surface area contributed by atoms with E-state index in [4.69, 9.17) is 16.9 Å². The molecule has 0 amide bonds. The Kier molecular flexibility index (Phi) is 4.20. The third-order valence-electron chi connectivity index (χ3n) is 3.04. The number of benzene rings is 1. The lowest BCUT2D eigenvalue weighted by atomic mass is 10.0. The third-order valence-corrected chi connectivity index (χ3v) is 3.27. The summed E-state index contributed by atoms with van der Waals surface area (Å²) in [5.74, 6) is 0.524. The van der Waals surface area contributed by atoms with Crippen molar-refractivity contribution < 1.29 is 0 Å². The average molecular weight is 237 g/mol. The van der Waals surface area contributed by atoms with Gasteiger partial charge >= 0.3 is 0 Å². The predicted molar refractivity (Wildman–Crippen MR) is 68.9 cm³/mol. The van der Waals surface area contributed by atoms with E-state index < -0.39 is 0 Å². The summed E-state index contributed by atoms with van der Waals surface area (Å²) < 4.78 is 0. The van der Waals surface area contributed by atoms with Crippen LogP contribution in [0.1, 0.15) is 26.3 Å². The highest BCUT2D eigenvalue weighted by molar-refractivity contribution is 6.30. The molecule has 0 spiro atoms. The van der Waals surface area contributed by atoms with Crippen LogP contribution in [0.25, 0.3) is 0 Å². The Morgan fingerprint density at radius 3 is 2.44 bits per heavy atom. The van der Waals surface area contributed by atoms with Gasteiger partial charge in [0.25, 0.3) is 0 Å². The van der Waals surface area contributed by atoms with Gasteiger partial charge in [-0.15, -0.1) is 0 Å². The van der Waals surface area contributed by atoms with Crippen LogP contribution >= 0.6 is 11.6 Å². The Hall–Kier alpha value is -1.20. The number of hydrogen-bond donors (Lipinski definition) is 0. The van der Waals surface area contributed by atoms with Crippen molar-refractivity contribution in [1.29, 1.82) is 5.26 Å². The minimum Gasteiger partial charge on any atom is -0.371 e. The molecule has 0 radical (unpaired) electrons. The summed E-state index contributed by atoms with van der Waals surface area (Å²) in [6, 6.07) is 7.92. The molecule has 1 unspecified atom stereocenters. The molecule has 16 heavy (non-hydrogen) atoms. The van der Waals surface area contributed by atoms with Gasteiger partial charge in [-0.2, -0.15) is 5.26 Å². The molecule has 2 nitrogen and oxygen atoms in total. The van der Waals surface area contributed by atoms with Crippen molar-refractivity contribution in [3.63, 3.8) is 0 Å². The van der Waals surface area contributed by atoms with E-state index in [0.717, 1.165) is 5.69 Å². The Morgan fingerprint density at radius 2 is 1.94 bits per heavy atom. The van der Waals surface area contributed by atoms with Crippen LogP contribution < -0.4 is 4.90 Å². The van der Waals surface area contributed by atoms with E-state index in [1.807, 2.05) is 13.1 Å². The van der Waals surface area contributed by atoms with Gasteiger partial charge in [-0.05, 0) is 31.0 Å². The minimum absolute atomic E-state index is 0.366. The lowest BCUT2D eigenvalue weighted by Crippen LogP contribution is -2.33. The molecule has 0 saturated carbocycles. The second-order valence-electron chi connectivity index (χ2n) is 4.37. The first-order valence-corrected chi connectivity index (χ1v) is 5.77. The van der Waals surface area contributed by atoms with Crippen molar-refractivity contribution in [1.82, 2.24) is 0 Å². The fourth-order valence-corrected chi connectivity index (χ4v) is 1.72. The zero-order valence-electron chi connectivity index (χ0n) is 10.2. The Bertz CT molecular complexity index is 407. The highest BCUT2D eigenvalue weighted by Crippen LogP contribution is 2.26. The monoisotopic (exact) mass is 236 g/mol. The van der Waals surface area contributed by atoms with E-state index in [-0.39, 0.29) is 0 Å². The predicted octanol–water partition coefficient (Wildman–Crippen LogP) is 3.69. The van der Waals surface area contributed by atoms with Crippen molar-refractivity contribution in [3.05, 3.63) is 28.8 Å². The second-order valence-corrected chi connectivity index (χ2v) is 4.81. The standard InChI is InChI=1S/C13H17ClN2/c1-9(2)10(3)16(4)13-7-12(14)6-5-11(13)8-15/h5-7,9-10H,1-4H3. The van der Waals surface area contributed by atoms with Crippen LogP contribution in [0.15, 0.2) is 18.2 Å². The number of hydrogen-bond acceptors (Lipinski definition) is 2. The van der Waals surface area contributed by atoms with E-state index in [0.29, 0.717) is 22.5 Å². The summed E-state index contributed by atoms with van der Waals surface area (Å²) in [5, 5.41) is 9.72. The zero-order valence-corrected chi connectivity index (χ0v) is 10.9. The van der Waals surface area contributed by atoms with Crippen molar-refractivity contribution >= 4 is 17.3 Å². The van der Waals surface area contributed by atoms with Gasteiger partial charge in [0.05, 0.1) is 11.3 Å². The van der Waals surface area contributed by atoms with Gasteiger partial charge in [0.1, 0.15) is 6.07 Å². The molecular weight excluding hydrogens is 220 g/mol. The van der Waals surface area contributed by atoms with E-state index in [1.165, 1.54) is 0 Å². The summed E-state index contributed by atoms with van der Waals surface area (Å²) in [5.41, 5.74) is 1.57. The van der Waals surface area contributed by atoms with Crippen LogP contribution in [-0.2, 0) is 0 Å². The summed E-state index contributed by atoms with van der Waals surface area (Å²) >= 11 is 5.97. The van der Waals surface area contributed by atoms with Crippen LogP contribution in [0.5, 0.6) is 0 Å². The molecule has 0 heterocycles. The normalized spacial score (nSPS) is 12.3. The first-order valence-electron chi connectivity index (χ1n) is 5.40. The summed E-state index contributed by atoms with van der Waals surface area (Å²) in [6.07, 6.45) is 0. The van der Waals surface area contributed by atoms with Crippen LogP contribution in [0, 0.1) is 17.2 Å². The molecule has 0 aliphatic heterocycles. The van der Waals surface area contributed by atoms with Crippen LogP contribution in [-0.4, -0.2) is 13.1 Å². The lowest BCUT2D eigenvalue weighted by Gasteiger charge is -2.30. The van der Waals surface area contributed by atoms with Crippen molar-refractivity contribution in [2.24, 2.45) is 5.92 Å². The van der Waals surface area contributed by atoms with Crippen molar-refractivity contribution in [2.75, 3.05) is 11.9 Å². The molecule has 1 atom stereocenters. The molecule has 1 aromatic carbocycles. The van der Waals surface area contributed by atoms with Gasteiger partial charge in [0, 0.05) is 18.1 Å². The first-order chi connectivity index (χ1) is 7.47. The molecule has 3 heteroatoms. The van der Waals surface area contributed by atoms with Gasteiger partial charge in [-0.1, -0.05) is 25.4 Å². The van der Waals surface area contributed by atoms with Crippen LogP contribution in [0.3, 0.4) is 0 Å². The van der Waals surface area contributed by atoms with E-state index >= 15 is 0 Å². The fourth-order valence-electron chi connectivity index (χ4n) is 1.56. The highest BCUT2D eigenvalue weighted by atomic mass is 35.5. The van der Waals surface area contributed by atoms with Gasteiger partial charge in [-0.3, -0.25) is 0 Å². The average Bonchev–Trinajstić information content (AvgIpc) is 2.26. The number of halogens is 1. The molecule has 0 bridgehead atoms. The molecule has 1 rings (SSSR count). The lowest BCUT2D eigenvalue weighted by molar-refractivity contribution is 0.505. The van der Waals surface area contributed by atoms with Gasteiger partial charge in [0.2, 0.25) is 0 Å². The Morgan fingerprint density at radius 1 is 1.31 bits per heavy atom. The third kappa shape index (κ3) is 2.68. The maximum absolute atomic E-state index is 9.06.